The van der Waals surface area contributed by atoms with E-state index in [0.29, 0.717) is 24.7 Å². The highest BCUT2D eigenvalue weighted by Crippen LogP contribution is 2.28. The van der Waals surface area contributed by atoms with Crippen LogP contribution in [0.15, 0.2) is 0 Å². The second kappa shape index (κ2) is 3.35. The molecule has 2 unspecified atom stereocenters. The van der Waals surface area contributed by atoms with Gasteiger partial charge in [-0.15, -0.1) is 0 Å². The third kappa shape index (κ3) is 2.03. The smallest absolute Gasteiger partial charge is 0.135 e. The molecule has 1 N–H and O–H groups in total. The van der Waals surface area contributed by atoms with Crippen molar-refractivity contribution in [2.45, 2.75) is 39.2 Å². The number of Topliss-reactive ketones (excluding diaryl/α,β-unsaturated/α-hetero) is 1. The van der Waals surface area contributed by atoms with E-state index in [2.05, 4.69) is 13.8 Å². The maximum atomic E-state index is 10.9. The molecule has 1 saturated carbocycles. The lowest BCUT2D eigenvalue weighted by Gasteiger charge is -2.29. The SMILES string of the molecule is CC(C)C1CCC(=O)CC1O. The van der Waals surface area contributed by atoms with E-state index >= 15 is 0 Å². The number of aliphatic hydroxyl groups excluding tert-OH is 1. The fourth-order valence-electron chi connectivity index (χ4n) is 1.78. The van der Waals surface area contributed by atoms with Gasteiger partial charge in [-0.3, -0.25) is 4.79 Å². The highest BCUT2D eigenvalue weighted by molar-refractivity contribution is 5.79. The molecule has 0 aromatic heterocycles. The normalized spacial score (nSPS) is 32.9. The zero-order valence-corrected chi connectivity index (χ0v) is 7.21. The van der Waals surface area contributed by atoms with E-state index in [9.17, 15) is 9.90 Å². The van der Waals surface area contributed by atoms with Crippen molar-refractivity contribution >= 4 is 5.78 Å². The first-order valence-electron chi connectivity index (χ1n) is 4.31. The van der Waals surface area contributed by atoms with Crippen LogP contribution in [0.1, 0.15) is 33.1 Å². The van der Waals surface area contributed by atoms with Crippen molar-refractivity contribution in [3.8, 4) is 0 Å². The van der Waals surface area contributed by atoms with Gasteiger partial charge < -0.3 is 5.11 Å². The molecule has 2 heteroatoms. The number of carbonyl (C=O) groups is 1. The van der Waals surface area contributed by atoms with Crippen LogP contribution in [0.2, 0.25) is 0 Å². The molecule has 1 fully saturated rings. The van der Waals surface area contributed by atoms with Crippen molar-refractivity contribution < 1.29 is 9.90 Å². The summed E-state index contributed by atoms with van der Waals surface area (Å²) in [5, 5.41) is 9.49. The minimum absolute atomic E-state index is 0.217. The lowest BCUT2D eigenvalue weighted by Crippen LogP contribution is -2.32. The molecule has 11 heavy (non-hydrogen) atoms. The molecule has 2 atom stereocenters. The first-order valence-corrected chi connectivity index (χ1v) is 4.31. The Morgan fingerprint density at radius 1 is 1.55 bits per heavy atom. The van der Waals surface area contributed by atoms with Crippen molar-refractivity contribution in [3.05, 3.63) is 0 Å². The summed E-state index contributed by atoms with van der Waals surface area (Å²) in [6.07, 6.45) is 1.54. The van der Waals surface area contributed by atoms with Crippen molar-refractivity contribution in [2.24, 2.45) is 11.8 Å². The van der Waals surface area contributed by atoms with E-state index in [1.165, 1.54) is 0 Å². The van der Waals surface area contributed by atoms with E-state index in [0.717, 1.165) is 6.42 Å². The molecule has 0 aromatic carbocycles. The van der Waals surface area contributed by atoms with Crippen LogP contribution in [0.25, 0.3) is 0 Å². The zero-order valence-electron chi connectivity index (χ0n) is 7.21. The molecule has 0 heterocycles. The van der Waals surface area contributed by atoms with Gasteiger partial charge in [-0.05, 0) is 18.3 Å². The van der Waals surface area contributed by atoms with Gasteiger partial charge >= 0.3 is 0 Å². The zero-order chi connectivity index (χ0) is 8.43. The lowest BCUT2D eigenvalue weighted by atomic mass is 9.79. The van der Waals surface area contributed by atoms with Gasteiger partial charge in [0.1, 0.15) is 5.78 Å². The number of hydrogen-bond donors (Lipinski definition) is 1. The quantitative estimate of drug-likeness (QED) is 0.622. The maximum absolute atomic E-state index is 10.9. The number of ketones is 1. The molecule has 0 spiro atoms. The third-order valence-electron chi connectivity index (χ3n) is 2.54. The van der Waals surface area contributed by atoms with Crippen molar-refractivity contribution in [1.29, 1.82) is 0 Å². The molecule has 0 saturated heterocycles. The molecule has 2 nitrogen and oxygen atoms in total. The van der Waals surface area contributed by atoms with Crippen molar-refractivity contribution in [3.63, 3.8) is 0 Å². The molecule has 64 valence electrons. The summed E-state index contributed by atoms with van der Waals surface area (Å²) >= 11 is 0. The molecule has 0 aromatic rings. The molecule has 0 amide bonds. The Labute approximate surface area is 67.6 Å². The van der Waals surface area contributed by atoms with Gasteiger partial charge in [0, 0.05) is 12.8 Å². The topological polar surface area (TPSA) is 37.3 Å². The summed E-state index contributed by atoms with van der Waals surface area (Å²) in [6.45, 7) is 4.20. The Kier molecular flexibility index (Phi) is 2.66. The fourth-order valence-corrected chi connectivity index (χ4v) is 1.78. The van der Waals surface area contributed by atoms with E-state index in [4.69, 9.17) is 0 Å². The van der Waals surface area contributed by atoms with Crippen LogP contribution in [-0.2, 0) is 4.79 Å². The molecule has 1 rings (SSSR count). The second-order valence-corrected chi connectivity index (χ2v) is 3.76. The Morgan fingerprint density at radius 2 is 2.18 bits per heavy atom. The Morgan fingerprint density at radius 3 is 2.64 bits per heavy atom. The number of hydrogen-bond acceptors (Lipinski definition) is 2. The summed E-state index contributed by atoms with van der Waals surface area (Å²) < 4.78 is 0. The van der Waals surface area contributed by atoms with Gasteiger partial charge in [0.25, 0.3) is 0 Å². The molecular weight excluding hydrogens is 140 g/mol. The summed E-state index contributed by atoms with van der Waals surface area (Å²) in [7, 11) is 0. The van der Waals surface area contributed by atoms with Crippen molar-refractivity contribution in [2.75, 3.05) is 0 Å². The van der Waals surface area contributed by atoms with Crippen LogP contribution in [-0.4, -0.2) is 17.0 Å². The number of carbonyl (C=O) groups excluding carboxylic acids is 1. The van der Waals surface area contributed by atoms with Crippen LogP contribution in [0.5, 0.6) is 0 Å². The summed E-state index contributed by atoms with van der Waals surface area (Å²) in [4.78, 5) is 10.9. The largest absolute Gasteiger partial charge is 0.392 e. The van der Waals surface area contributed by atoms with Crippen LogP contribution < -0.4 is 0 Å². The predicted octanol–water partition coefficient (Wildman–Crippen LogP) is 1.37. The number of rotatable bonds is 1. The van der Waals surface area contributed by atoms with Gasteiger partial charge in [-0.2, -0.15) is 0 Å². The van der Waals surface area contributed by atoms with Gasteiger partial charge in [0.05, 0.1) is 6.10 Å². The highest BCUT2D eigenvalue weighted by atomic mass is 16.3. The second-order valence-electron chi connectivity index (χ2n) is 3.76. The van der Waals surface area contributed by atoms with E-state index in [-0.39, 0.29) is 11.9 Å². The summed E-state index contributed by atoms with van der Waals surface area (Å²) in [5.74, 6) is 1.06. The standard InChI is InChI=1S/C9H16O2/c1-6(2)8-4-3-7(10)5-9(8)11/h6,8-9,11H,3-5H2,1-2H3. The Bertz CT molecular complexity index is 152. The van der Waals surface area contributed by atoms with E-state index in [1.54, 1.807) is 0 Å². The van der Waals surface area contributed by atoms with E-state index < -0.39 is 0 Å². The van der Waals surface area contributed by atoms with Crippen LogP contribution in [0, 0.1) is 11.8 Å². The Hall–Kier alpha value is -0.370. The van der Waals surface area contributed by atoms with Crippen LogP contribution in [0.4, 0.5) is 0 Å². The number of aliphatic hydroxyl groups is 1. The van der Waals surface area contributed by atoms with Crippen molar-refractivity contribution in [1.82, 2.24) is 0 Å². The van der Waals surface area contributed by atoms with Gasteiger partial charge in [0.15, 0.2) is 0 Å². The third-order valence-corrected chi connectivity index (χ3v) is 2.54. The van der Waals surface area contributed by atoms with Crippen LogP contribution >= 0.6 is 0 Å². The fraction of sp³-hybridized carbons (Fsp3) is 0.889. The molecule has 0 bridgehead atoms. The minimum Gasteiger partial charge on any atom is -0.392 e. The molecule has 1 aliphatic carbocycles. The molecular formula is C9H16O2. The molecule has 1 aliphatic rings. The maximum Gasteiger partial charge on any atom is 0.135 e. The van der Waals surface area contributed by atoms with Gasteiger partial charge in [-0.25, -0.2) is 0 Å². The first kappa shape index (κ1) is 8.72. The monoisotopic (exact) mass is 156 g/mol. The summed E-state index contributed by atoms with van der Waals surface area (Å²) in [6, 6.07) is 0. The summed E-state index contributed by atoms with van der Waals surface area (Å²) in [5.41, 5.74) is 0. The van der Waals surface area contributed by atoms with E-state index in [1.807, 2.05) is 0 Å². The van der Waals surface area contributed by atoms with Crippen LogP contribution in [0.3, 0.4) is 0 Å². The Balaban J connectivity index is 2.50. The van der Waals surface area contributed by atoms with Gasteiger partial charge in [-0.1, -0.05) is 13.8 Å². The highest BCUT2D eigenvalue weighted by Gasteiger charge is 2.29. The molecule has 0 aliphatic heterocycles. The molecule has 0 radical (unpaired) electrons. The predicted molar refractivity (Wildman–Crippen MR) is 43.2 cm³/mol. The van der Waals surface area contributed by atoms with Gasteiger partial charge in [0.2, 0.25) is 0 Å². The first-order chi connectivity index (χ1) is 5.11. The average molecular weight is 156 g/mol. The minimum atomic E-state index is -0.378. The lowest BCUT2D eigenvalue weighted by molar-refractivity contribution is -0.125. The average Bonchev–Trinajstić information content (AvgIpc) is 1.85.